The van der Waals surface area contributed by atoms with Crippen LogP contribution in [0.3, 0.4) is 0 Å². The molecule has 5 rings (SSSR count). The minimum Gasteiger partial charge on any atom is -0.378 e. The van der Waals surface area contributed by atoms with Gasteiger partial charge in [-0.25, -0.2) is 19.6 Å². The average molecular weight is 408 g/mol. The summed E-state index contributed by atoms with van der Waals surface area (Å²) in [6.07, 6.45) is 5.14. The Kier molecular flexibility index (Phi) is 5.14. The molecule has 0 spiro atoms. The molecule has 2 fully saturated rings. The van der Waals surface area contributed by atoms with Crippen molar-refractivity contribution in [3.8, 4) is 0 Å². The number of carbonyl (C=O) groups is 1. The predicted molar refractivity (Wildman–Crippen MR) is 111 cm³/mol. The topological polar surface area (TPSA) is 92.5 Å². The largest absolute Gasteiger partial charge is 0.378 e. The molecule has 0 atom stereocenters. The third-order valence-electron chi connectivity index (χ3n) is 5.61. The maximum Gasteiger partial charge on any atom is 0.244 e. The number of pyridine rings is 1. The molecule has 0 bridgehead atoms. The van der Waals surface area contributed by atoms with Crippen LogP contribution in [0.1, 0.15) is 0 Å². The lowest BCUT2D eigenvalue weighted by molar-refractivity contribution is -0.136. The van der Waals surface area contributed by atoms with Crippen molar-refractivity contribution in [2.24, 2.45) is 0 Å². The first-order valence-electron chi connectivity index (χ1n) is 10.2. The quantitative estimate of drug-likeness (QED) is 0.613. The molecule has 2 aliphatic heterocycles. The van der Waals surface area contributed by atoms with Crippen LogP contribution in [-0.2, 0) is 16.1 Å². The summed E-state index contributed by atoms with van der Waals surface area (Å²) in [4.78, 5) is 32.3. The van der Waals surface area contributed by atoms with Crippen molar-refractivity contribution in [2.75, 3.05) is 62.3 Å². The van der Waals surface area contributed by atoms with Crippen LogP contribution in [0.4, 0.5) is 11.6 Å². The molecule has 2 saturated heterocycles. The van der Waals surface area contributed by atoms with Crippen LogP contribution in [0.2, 0.25) is 0 Å². The van der Waals surface area contributed by atoms with E-state index in [9.17, 15) is 4.79 Å². The summed E-state index contributed by atoms with van der Waals surface area (Å²) in [6.45, 7) is 6.00. The third kappa shape index (κ3) is 3.65. The Morgan fingerprint density at radius 1 is 0.967 bits per heavy atom. The van der Waals surface area contributed by atoms with Gasteiger partial charge in [-0.15, -0.1) is 0 Å². The summed E-state index contributed by atoms with van der Waals surface area (Å²) in [5.41, 5.74) is 0.689. The van der Waals surface area contributed by atoms with Crippen LogP contribution in [0.5, 0.6) is 0 Å². The Labute approximate surface area is 174 Å². The number of piperazine rings is 1. The van der Waals surface area contributed by atoms with E-state index in [2.05, 4.69) is 29.9 Å². The highest BCUT2D eigenvalue weighted by molar-refractivity contribution is 5.88. The van der Waals surface area contributed by atoms with Crippen molar-refractivity contribution in [2.45, 2.75) is 6.54 Å². The van der Waals surface area contributed by atoms with Gasteiger partial charge in [0.2, 0.25) is 5.91 Å². The van der Waals surface area contributed by atoms with Crippen LogP contribution in [0.15, 0.2) is 36.9 Å². The number of fused-ring (bicyclic) bond motifs is 1. The Bertz CT molecular complexity index is 1010. The molecule has 0 aromatic carbocycles. The molecule has 0 saturated carbocycles. The number of ether oxygens (including phenoxy) is 1. The predicted octanol–water partition coefficient (Wildman–Crippen LogP) is 0.407. The maximum atomic E-state index is 12.6. The van der Waals surface area contributed by atoms with Gasteiger partial charge in [-0.2, -0.15) is 5.10 Å². The SMILES string of the molecule is O=C(Cn1ncc2c(N3CCN(c4ccccn4)CC3)ncnc21)N1CCOCC1. The second-order valence-corrected chi connectivity index (χ2v) is 7.39. The van der Waals surface area contributed by atoms with Gasteiger partial charge >= 0.3 is 0 Å². The van der Waals surface area contributed by atoms with E-state index in [1.54, 1.807) is 17.2 Å². The molecule has 0 unspecified atom stereocenters. The van der Waals surface area contributed by atoms with Gasteiger partial charge in [0.25, 0.3) is 0 Å². The van der Waals surface area contributed by atoms with E-state index >= 15 is 0 Å². The van der Waals surface area contributed by atoms with E-state index in [1.165, 1.54) is 0 Å². The highest BCUT2D eigenvalue weighted by atomic mass is 16.5. The molecular formula is C20H24N8O2. The van der Waals surface area contributed by atoms with Gasteiger partial charge in [0.05, 0.1) is 24.8 Å². The fourth-order valence-corrected chi connectivity index (χ4v) is 3.98. The summed E-state index contributed by atoms with van der Waals surface area (Å²) >= 11 is 0. The molecule has 10 heteroatoms. The zero-order valence-electron chi connectivity index (χ0n) is 16.7. The number of anilines is 2. The monoisotopic (exact) mass is 408 g/mol. The smallest absolute Gasteiger partial charge is 0.244 e. The molecule has 3 aromatic heterocycles. The molecule has 156 valence electrons. The van der Waals surface area contributed by atoms with E-state index in [0.29, 0.717) is 32.0 Å². The second-order valence-electron chi connectivity index (χ2n) is 7.39. The standard InChI is InChI=1S/C20H24N8O2/c29-18(26-9-11-30-12-10-26)14-28-20-16(13-24-28)19(22-15-23-20)27-7-5-25(6-8-27)17-3-1-2-4-21-17/h1-4,13,15H,5-12,14H2. The number of aromatic nitrogens is 5. The Balaban J connectivity index is 1.31. The molecule has 0 N–H and O–H groups in total. The highest BCUT2D eigenvalue weighted by Crippen LogP contribution is 2.24. The van der Waals surface area contributed by atoms with Crippen molar-refractivity contribution in [3.05, 3.63) is 36.9 Å². The van der Waals surface area contributed by atoms with E-state index in [-0.39, 0.29) is 12.5 Å². The number of hydrogen-bond donors (Lipinski definition) is 0. The number of morpholine rings is 1. The maximum absolute atomic E-state index is 12.6. The van der Waals surface area contributed by atoms with Crippen LogP contribution in [0.25, 0.3) is 11.0 Å². The van der Waals surface area contributed by atoms with E-state index in [1.807, 2.05) is 29.3 Å². The highest BCUT2D eigenvalue weighted by Gasteiger charge is 2.23. The van der Waals surface area contributed by atoms with E-state index in [0.717, 1.165) is 43.2 Å². The zero-order chi connectivity index (χ0) is 20.3. The molecule has 10 nitrogen and oxygen atoms in total. The Hall–Kier alpha value is -3.27. The second kappa shape index (κ2) is 8.23. The Morgan fingerprint density at radius 3 is 2.53 bits per heavy atom. The van der Waals surface area contributed by atoms with E-state index < -0.39 is 0 Å². The fourth-order valence-electron chi connectivity index (χ4n) is 3.98. The van der Waals surface area contributed by atoms with Gasteiger partial charge in [0.1, 0.15) is 24.5 Å². The normalized spacial score (nSPS) is 17.5. The van der Waals surface area contributed by atoms with Gasteiger partial charge in [0.15, 0.2) is 5.65 Å². The summed E-state index contributed by atoms with van der Waals surface area (Å²) in [6, 6.07) is 5.97. The van der Waals surface area contributed by atoms with Crippen LogP contribution < -0.4 is 9.80 Å². The number of amides is 1. The molecule has 1 amide bonds. The van der Waals surface area contributed by atoms with Crippen molar-refractivity contribution >= 4 is 28.6 Å². The number of rotatable bonds is 4. The minimum absolute atomic E-state index is 0.0347. The summed E-state index contributed by atoms with van der Waals surface area (Å²) < 4.78 is 6.99. The first-order valence-corrected chi connectivity index (χ1v) is 10.2. The molecule has 0 aliphatic carbocycles. The number of nitrogens with zero attached hydrogens (tertiary/aromatic N) is 8. The first-order chi connectivity index (χ1) is 14.8. The first kappa shape index (κ1) is 18.7. The summed E-state index contributed by atoms with van der Waals surface area (Å²) in [5, 5.41) is 5.31. The molecule has 0 radical (unpaired) electrons. The Morgan fingerprint density at radius 2 is 1.77 bits per heavy atom. The molecule has 2 aliphatic rings. The van der Waals surface area contributed by atoms with Crippen LogP contribution >= 0.6 is 0 Å². The summed E-state index contributed by atoms with van der Waals surface area (Å²) in [5.74, 6) is 1.90. The van der Waals surface area contributed by atoms with Gasteiger partial charge in [-0.3, -0.25) is 4.79 Å². The van der Waals surface area contributed by atoms with E-state index in [4.69, 9.17) is 4.74 Å². The number of hydrogen-bond acceptors (Lipinski definition) is 8. The van der Waals surface area contributed by atoms with Crippen molar-refractivity contribution in [1.82, 2.24) is 29.6 Å². The third-order valence-corrected chi connectivity index (χ3v) is 5.61. The van der Waals surface area contributed by atoms with Crippen molar-refractivity contribution < 1.29 is 9.53 Å². The van der Waals surface area contributed by atoms with Crippen LogP contribution in [-0.4, -0.2) is 88.0 Å². The van der Waals surface area contributed by atoms with Crippen molar-refractivity contribution in [3.63, 3.8) is 0 Å². The molecule has 30 heavy (non-hydrogen) atoms. The van der Waals surface area contributed by atoms with Gasteiger partial charge in [-0.1, -0.05) is 6.07 Å². The molecular weight excluding hydrogens is 384 g/mol. The van der Waals surface area contributed by atoms with Crippen molar-refractivity contribution in [1.29, 1.82) is 0 Å². The minimum atomic E-state index is 0.0347. The molecule has 3 aromatic rings. The lowest BCUT2D eigenvalue weighted by Gasteiger charge is -2.36. The lowest BCUT2D eigenvalue weighted by atomic mass is 10.2. The number of carbonyl (C=O) groups excluding carboxylic acids is 1. The van der Waals surface area contributed by atoms with Gasteiger partial charge in [0, 0.05) is 45.5 Å². The summed E-state index contributed by atoms with van der Waals surface area (Å²) in [7, 11) is 0. The molecule has 5 heterocycles. The zero-order valence-corrected chi connectivity index (χ0v) is 16.7. The van der Waals surface area contributed by atoms with Gasteiger partial charge in [-0.05, 0) is 12.1 Å². The van der Waals surface area contributed by atoms with Gasteiger partial charge < -0.3 is 19.4 Å². The average Bonchev–Trinajstić information content (AvgIpc) is 3.23. The van der Waals surface area contributed by atoms with Crippen LogP contribution in [0, 0.1) is 0 Å². The lowest BCUT2D eigenvalue weighted by Crippen LogP contribution is -2.47. The fraction of sp³-hybridized carbons (Fsp3) is 0.450.